The van der Waals surface area contributed by atoms with Crippen LogP contribution in [0.3, 0.4) is 0 Å². The van der Waals surface area contributed by atoms with Crippen molar-refractivity contribution < 1.29 is 0 Å². The van der Waals surface area contributed by atoms with E-state index in [0.717, 1.165) is 24.4 Å². The molecule has 0 aliphatic carbocycles. The summed E-state index contributed by atoms with van der Waals surface area (Å²) >= 11 is 0. The minimum Gasteiger partial charge on any atom is -0.310 e. The number of fused-ring (bicyclic) bond motifs is 1. The van der Waals surface area contributed by atoms with E-state index in [1.807, 2.05) is 10.6 Å². The number of hydrogen-bond acceptors (Lipinski definition) is 3. The van der Waals surface area contributed by atoms with Crippen LogP contribution in [0, 0.1) is 0 Å². The predicted octanol–water partition coefficient (Wildman–Crippen LogP) is 1.72. The normalized spacial score (nSPS) is 20.7. The van der Waals surface area contributed by atoms with Gasteiger partial charge in [-0.05, 0) is 25.8 Å². The highest BCUT2D eigenvalue weighted by Crippen LogP contribution is 2.22. The molecule has 1 N–H and O–H groups in total. The minimum absolute atomic E-state index is 0.476. The highest BCUT2D eigenvalue weighted by atomic mass is 15.1. The Kier molecular flexibility index (Phi) is 2.36. The first kappa shape index (κ1) is 9.78. The Morgan fingerprint density at radius 2 is 2.44 bits per heavy atom. The van der Waals surface area contributed by atoms with Gasteiger partial charge in [-0.25, -0.2) is 9.97 Å². The summed E-state index contributed by atoms with van der Waals surface area (Å²) in [5.74, 6) is 0.804. The van der Waals surface area contributed by atoms with Gasteiger partial charge in [-0.15, -0.1) is 0 Å². The maximum absolute atomic E-state index is 4.43. The smallest absolute Gasteiger partial charge is 0.233 e. The van der Waals surface area contributed by atoms with Crippen LogP contribution in [0.4, 0.5) is 0 Å². The molecule has 1 saturated heterocycles. The van der Waals surface area contributed by atoms with Crippen molar-refractivity contribution in [3.63, 3.8) is 0 Å². The van der Waals surface area contributed by atoms with Crippen LogP contribution in [0.15, 0.2) is 18.6 Å². The van der Waals surface area contributed by atoms with Crippen LogP contribution in [0.25, 0.3) is 5.78 Å². The predicted molar refractivity (Wildman–Crippen MR) is 62.3 cm³/mol. The largest absolute Gasteiger partial charge is 0.310 e. The van der Waals surface area contributed by atoms with Crippen LogP contribution in [-0.2, 0) is 6.42 Å². The molecule has 3 heterocycles. The molecule has 0 bridgehead atoms. The summed E-state index contributed by atoms with van der Waals surface area (Å²) in [6.45, 7) is 3.23. The number of imidazole rings is 1. The Hall–Kier alpha value is -1.42. The van der Waals surface area contributed by atoms with E-state index in [-0.39, 0.29) is 0 Å². The first-order valence-electron chi connectivity index (χ1n) is 5.93. The molecule has 2 aromatic heterocycles. The lowest BCUT2D eigenvalue weighted by Crippen LogP contribution is -2.13. The molecule has 0 aromatic carbocycles. The van der Waals surface area contributed by atoms with E-state index < -0.39 is 0 Å². The third kappa shape index (κ3) is 1.59. The van der Waals surface area contributed by atoms with E-state index >= 15 is 0 Å². The molecule has 1 fully saturated rings. The van der Waals surface area contributed by atoms with Gasteiger partial charge in [0.15, 0.2) is 0 Å². The minimum atomic E-state index is 0.476. The van der Waals surface area contributed by atoms with Crippen molar-refractivity contribution in [2.45, 2.75) is 32.2 Å². The van der Waals surface area contributed by atoms with Crippen molar-refractivity contribution >= 4 is 5.78 Å². The van der Waals surface area contributed by atoms with Crippen molar-refractivity contribution in [1.29, 1.82) is 0 Å². The van der Waals surface area contributed by atoms with Gasteiger partial charge in [-0.3, -0.25) is 4.40 Å². The summed E-state index contributed by atoms with van der Waals surface area (Å²) in [4.78, 5) is 8.84. The Balaban J connectivity index is 2.00. The van der Waals surface area contributed by atoms with E-state index in [0.29, 0.717) is 6.04 Å². The Morgan fingerprint density at radius 1 is 1.50 bits per heavy atom. The molecule has 4 nitrogen and oxygen atoms in total. The quantitative estimate of drug-likeness (QED) is 0.831. The second-order valence-electron chi connectivity index (χ2n) is 4.33. The molecule has 0 radical (unpaired) electrons. The van der Waals surface area contributed by atoms with Crippen LogP contribution >= 0.6 is 0 Å². The third-order valence-corrected chi connectivity index (χ3v) is 3.20. The summed E-state index contributed by atoms with van der Waals surface area (Å²) in [5, 5.41) is 3.48. The maximum atomic E-state index is 4.43. The highest BCUT2D eigenvalue weighted by molar-refractivity contribution is 5.32. The molecule has 1 atom stereocenters. The molecule has 1 unspecified atom stereocenters. The molecule has 0 amide bonds. The first-order chi connectivity index (χ1) is 7.86. The van der Waals surface area contributed by atoms with Crippen molar-refractivity contribution in [2.24, 2.45) is 0 Å². The molecule has 4 heteroatoms. The number of aryl methyl sites for hydroxylation is 1. The summed E-state index contributed by atoms with van der Waals surface area (Å²) < 4.78 is 2.04. The second kappa shape index (κ2) is 3.87. The number of hydrogen-bond donors (Lipinski definition) is 1. The zero-order chi connectivity index (χ0) is 11.0. The molecule has 16 heavy (non-hydrogen) atoms. The second-order valence-corrected chi connectivity index (χ2v) is 4.33. The number of rotatable bonds is 2. The first-order valence-corrected chi connectivity index (χ1v) is 5.93. The van der Waals surface area contributed by atoms with Gasteiger partial charge in [0.1, 0.15) is 0 Å². The summed E-state index contributed by atoms with van der Waals surface area (Å²) in [6.07, 6.45) is 9.60. The van der Waals surface area contributed by atoms with Crippen LogP contribution in [0.1, 0.15) is 37.1 Å². The lowest BCUT2D eigenvalue weighted by Gasteiger charge is -2.09. The standard InChI is InChI=1S/C12H16N4/c1-2-10-8-16-7-9(6-14-12(16)15-10)11-4-3-5-13-11/h6-8,11,13H,2-5H2,1H3. The lowest BCUT2D eigenvalue weighted by molar-refractivity contribution is 0.640. The van der Waals surface area contributed by atoms with Gasteiger partial charge in [-0.1, -0.05) is 6.92 Å². The van der Waals surface area contributed by atoms with Crippen LogP contribution in [0.2, 0.25) is 0 Å². The van der Waals surface area contributed by atoms with Gasteiger partial charge in [0.05, 0.1) is 5.69 Å². The number of nitrogens with zero attached hydrogens (tertiary/aromatic N) is 3. The highest BCUT2D eigenvalue weighted by Gasteiger charge is 2.17. The van der Waals surface area contributed by atoms with E-state index in [2.05, 4.69) is 34.6 Å². The van der Waals surface area contributed by atoms with Gasteiger partial charge in [0.25, 0.3) is 0 Å². The molecular weight excluding hydrogens is 200 g/mol. The average molecular weight is 216 g/mol. The van der Waals surface area contributed by atoms with Crippen LogP contribution in [-0.4, -0.2) is 20.9 Å². The fraction of sp³-hybridized carbons (Fsp3) is 0.500. The van der Waals surface area contributed by atoms with Crippen molar-refractivity contribution in [3.05, 3.63) is 29.8 Å². The molecule has 0 spiro atoms. The van der Waals surface area contributed by atoms with E-state index in [1.54, 1.807) is 0 Å². The summed E-state index contributed by atoms with van der Waals surface area (Å²) in [5.41, 5.74) is 2.37. The number of aromatic nitrogens is 3. The van der Waals surface area contributed by atoms with E-state index in [1.165, 1.54) is 18.4 Å². The SMILES string of the molecule is CCc1cn2cc(C3CCCN3)cnc2n1. The van der Waals surface area contributed by atoms with Crippen LogP contribution < -0.4 is 5.32 Å². The fourth-order valence-corrected chi connectivity index (χ4v) is 2.27. The summed E-state index contributed by atoms with van der Waals surface area (Å²) in [7, 11) is 0. The monoisotopic (exact) mass is 216 g/mol. The van der Waals surface area contributed by atoms with Crippen molar-refractivity contribution in [2.75, 3.05) is 6.54 Å². The summed E-state index contributed by atoms with van der Waals surface area (Å²) in [6, 6.07) is 0.476. The van der Waals surface area contributed by atoms with E-state index in [9.17, 15) is 0 Å². The van der Waals surface area contributed by atoms with Gasteiger partial charge in [0, 0.05) is 30.2 Å². The molecule has 0 saturated carbocycles. The molecular formula is C12H16N4. The van der Waals surface area contributed by atoms with Gasteiger partial charge in [-0.2, -0.15) is 0 Å². The van der Waals surface area contributed by atoms with Gasteiger partial charge < -0.3 is 5.32 Å². The topological polar surface area (TPSA) is 42.2 Å². The molecule has 1 aliphatic heterocycles. The average Bonchev–Trinajstić information content (AvgIpc) is 2.96. The number of nitrogens with one attached hydrogen (secondary N) is 1. The Labute approximate surface area is 94.7 Å². The molecule has 84 valence electrons. The van der Waals surface area contributed by atoms with Gasteiger partial charge >= 0.3 is 0 Å². The van der Waals surface area contributed by atoms with Gasteiger partial charge in [0.2, 0.25) is 5.78 Å². The Morgan fingerprint density at radius 3 is 3.19 bits per heavy atom. The van der Waals surface area contributed by atoms with Crippen molar-refractivity contribution in [3.8, 4) is 0 Å². The molecule has 3 rings (SSSR count). The molecule has 2 aromatic rings. The lowest BCUT2D eigenvalue weighted by atomic mass is 10.1. The Bertz CT molecular complexity index is 497. The zero-order valence-electron chi connectivity index (χ0n) is 9.48. The van der Waals surface area contributed by atoms with Crippen molar-refractivity contribution in [1.82, 2.24) is 19.7 Å². The van der Waals surface area contributed by atoms with Crippen LogP contribution in [0.5, 0.6) is 0 Å². The maximum Gasteiger partial charge on any atom is 0.233 e. The third-order valence-electron chi connectivity index (χ3n) is 3.20. The molecule has 1 aliphatic rings. The van der Waals surface area contributed by atoms with E-state index in [4.69, 9.17) is 0 Å². The fourth-order valence-electron chi connectivity index (χ4n) is 2.27. The zero-order valence-corrected chi connectivity index (χ0v) is 9.48.